The van der Waals surface area contributed by atoms with E-state index in [1.165, 1.54) is 12.8 Å². The number of hydrogen-bond acceptors (Lipinski definition) is 5. The molecule has 1 aliphatic heterocycles. The van der Waals surface area contributed by atoms with Crippen LogP contribution in [0, 0.1) is 5.92 Å². The number of nitrogens with one attached hydrogen (secondary N) is 1. The molecule has 0 spiro atoms. The maximum absolute atomic E-state index is 9.25. The van der Waals surface area contributed by atoms with Crippen molar-refractivity contribution in [1.82, 2.24) is 15.5 Å². The molecule has 0 amide bonds. The Bertz CT molecular complexity index is 305. The highest BCUT2D eigenvalue weighted by molar-refractivity contribution is 4.91. The minimum Gasteiger partial charge on any atom is -0.385 e. The minimum atomic E-state index is -0.646. The van der Waals surface area contributed by atoms with Crippen molar-refractivity contribution in [2.45, 2.75) is 32.3 Å². The van der Waals surface area contributed by atoms with Gasteiger partial charge in [-0.3, -0.25) is 0 Å². The molecule has 0 radical (unpaired) electrons. The summed E-state index contributed by atoms with van der Waals surface area (Å²) in [6.45, 7) is 3.77. The lowest BCUT2D eigenvalue weighted by Crippen LogP contribution is -2.30. The van der Waals surface area contributed by atoms with Crippen molar-refractivity contribution in [3.63, 3.8) is 0 Å². The fraction of sp³-hybridized carbons (Fsp3) is 0.800. The first kappa shape index (κ1) is 10.6. The molecule has 5 heteroatoms. The van der Waals surface area contributed by atoms with Gasteiger partial charge in [-0.2, -0.15) is 4.98 Å². The first-order valence-electron chi connectivity index (χ1n) is 5.47. The predicted octanol–water partition coefficient (Wildman–Crippen LogP) is 0.665. The van der Waals surface area contributed by atoms with Crippen LogP contribution in [0.5, 0.6) is 0 Å². The lowest BCUT2D eigenvalue weighted by Gasteiger charge is -2.20. The standard InChI is InChI=1S/C10H17N3O2/c1-7(14)10-12-9(15-13-10)5-8-3-2-4-11-6-8/h7-8,11,14H,2-6H2,1H3. The topological polar surface area (TPSA) is 71.2 Å². The van der Waals surface area contributed by atoms with Gasteiger partial charge in [-0.25, -0.2) is 0 Å². The van der Waals surface area contributed by atoms with Gasteiger partial charge in [0.05, 0.1) is 0 Å². The molecule has 2 atom stereocenters. The molecular weight excluding hydrogens is 194 g/mol. The summed E-state index contributed by atoms with van der Waals surface area (Å²) in [4.78, 5) is 4.15. The van der Waals surface area contributed by atoms with Gasteiger partial charge in [0.25, 0.3) is 0 Å². The second-order valence-corrected chi connectivity index (χ2v) is 4.14. The molecule has 15 heavy (non-hydrogen) atoms. The van der Waals surface area contributed by atoms with Crippen LogP contribution in [0.3, 0.4) is 0 Å². The van der Waals surface area contributed by atoms with E-state index in [2.05, 4.69) is 15.5 Å². The van der Waals surface area contributed by atoms with Crippen LogP contribution < -0.4 is 5.32 Å². The van der Waals surface area contributed by atoms with Crippen molar-refractivity contribution in [1.29, 1.82) is 0 Å². The van der Waals surface area contributed by atoms with Crippen LogP contribution in [0.15, 0.2) is 4.52 Å². The Morgan fingerprint density at radius 3 is 3.13 bits per heavy atom. The molecule has 5 nitrogen and oxygen atoms in total. The summed E-state index contributed by atoms with van der Waals surface area (Å²) in [5.41, 5.74) is 0. The quantitative estimate of drug-likeness (QED) is 0.768. The number of aromatic nitrogens is 2. The van der Waals surface area contributed by atoms with E-state index in [1.54, 1.807) is 6.92 Å². The Morgan fingerprint density at radius 1 is 1.67 bits per heavy atom. The number of aliphatic hydroxyl groups excluding tert-OH is 1. The van der Waals surface area contributed by atoms with Crippen molar-refractivity contribution in [2.75, 3.05) is 13.1 Å². The van der Waals surface area contributed by atoms with Crippen molar-refractivity contribution < 1.29 is 9.63 Å². The summed E-state index contributed by atoms with van der Waals surface area (Å²) in [5, 5.41) is 16.3. The molecule has 1 fully saturated rings. The van der Waals surface area contributed by atoms with Crippen LogP contribution in [0.2, 0.25) is 0 Å². The molecule has 1 aromatic rings. The maximum Gasteiger partial charge on any atom is 0.227 e. The third-order valence-electron chi connectivity index (χ3n) is 2.72. The van der Waals surface area contributed by atoms with E-state index in [4.69, 9.17) is 4.52 Å². The summed E-state index contributed by atoms with van der Waals surface area (Å²) < 4.78 is 5.08. The fourth-order valence-corrected chi connectivity index (χ4v) is 1.87. The summed E-state index contributed by atoms with van der Waals surface area (Å²) in [7, 11) is 0. The van der Waals surface area contributed by atoms with Crippen molar-refractivity contribution >= 4 is 0 Å². The first-order chi connectivity index (χ1) is 7.25. The maximum atomic E-state index is 9.25. The normalized spacial score (nSPS) is 24.0. The van der Waals surface area contributed by atoms with E-state index in [0.29, 0.717) is 17.6 Å². The number of rotatable bonds is 3. The number of aliphatic hydroxyl groups is 1. The van der Waals surface area contributed by atoms with E-state index in [-0.39, 0.29) is 0 Å². The Balaban J connectivity index is 1.91. The van der Waals surface area contributed by atoms with E-state index in [1.807, 2.05) is 0 Å². The fourth-order valence-electron chi connectivity index (χ4n) is 1.87. The molecule has 0 aliphatic carbocycles. The van der Waals surface area contributed by atoms with Gasteiger partial charge in [-0.05, 0) is 38.8 Å². The zero-order valence-corrected chi connectivity index (χ0v) is 8.94. The summed E-state index contributed by atoms with van der Waals surface area (Å²) >= 11 is 0. The molecular formula is C10H17N3O2. The average Bonchev–Trinajstić information content (AvgIpc) is 2.68. The molecule has 0 aromatic carbocycles. The van der Waals surface area contributed by atoms with Crippen LogP contribution in [-0.2, 0) is 6.42 Å². The molecule has 1 saturated heterocycles. The molecule has 2 heterocycles. The summed E-state index contributed by atoms with van der Waals surface area (Å²) in [6.07, 6.45) is 2.58. The molecule has 84 valence electrons. The van der Waals surface area contributed by atoms with Crippen LogP contribution >= 0.6 is 0 Å². The van der Waals surface area contributed by atoms with E-state index in [0.717, 1.165) is 19.5 Å². The van der Waals surface area contributed by atoms with Crippen LogP contribution in [-0.4, -0.2) is 28.3 Å². The zero-order valence-electron chi connectivity index (χ0n) is 8.94. The van der Waals surface area contributed by atoms with E-state index >= 15 is 0 Å². The largest absolute Gasteiger partial charge is 0.385 e. The summed E-state index contributed by atoms with van der Waals surface area (Å²) in [6, 6.07) is 0. The molecule has 2 N–H and O–H groups in total. The van der Waals surface area contributed by atoms with Gasteiger partial charge < -0.3 is 14.9 Å². The van der Waals surface area contributed by atoms with Crippen molar-refractivity contribution in [3.05, 3.63) is 11.7 Å². The van der Waals surface area contributed by atoms with Crippen molar-refractivity contribution in [2.24, 2.45) is 5.92 Å². The monoisotopic (exact) mass is 211 g/mol. The molecule has 0 bridgehead atoms. The third kappa shape index (κ3) is 2.76. The number of hydrogen-bond donors (Lipinski definition) is 2. The van der Waals surface area contributed by atoms with Gasteiger partial charge in [0.1, 0.15) is 6.10 Å². The lowest BCUT2D eigenvalue weighted by atomic mass is 9.96. The van der Waals surface area contributed by atoms with Crippen LogP contribution in [0.1, 0.15) is 37.6 Å². The predicted molar refractivity (Wildman–Crippen MR) is 54.2 cm³/mol. The minimum absolute atomic E-state index is 0.383. The first-order valence-corrected chi connectivity index (χ1v) is 5.47. The van der Waals surface area contributed by atoms with Gasteiger partial charge in [0.2, 0.25) is 5.89 Å². The highest BCUT2D eigenvalue weighted by Crippen LogP contribution is 2.16. The molecule has 1 aliphatic rings. The highest BCUT2D eigenvalue weighted by Gasteiger charge is 2.18. The molecule has 1 aromatic heterocycles. The van der Waals surface area contributed by atoms with Gasteiger partial charge in [0.15, 0.2) is 5.82 Å². The second-order valence-electron chi connectivity index (χ2n) is 4.14. The van der Waals surface area contributed by atoms with Gasteiger partial charge in [0, 0.05) is 6.42 Å². The Kier molecular flexibility index (Phi) is 3.33. The highest BCUT2D eigenvalue weighted by atomic mass is 16.5. The lowest BCUT2D eigenvalue weighted by molar-refractivity contribution is 0.184. The Labute approximate surface area is 88.9 Å². The van der Waals surface area contributed by atoms with Crippen LogP contribution in [0.25, 0.3) is 0 Å². The Morgan fingerprint density at radius 2 is 2.53 bits per heavy atom. The molecule has 0 saturated carbocycles. The zero-order chi connectivity index (χ0) is 10.7. The number of nitrogens with zero attached hydrogens (tertiary/aromatic N) is 2. The molecule has 2 rings (SSSR count). The van der Waals surface area contributed by atoms with Gasteiger partial charge >= 0.3 is 0 Å². The molecule has 2 unspecified atom stereocenters. The van der Waals surface area contributed by atoms with Gasteiger partial charge in [-0.1, -0.05) is 5.16 Å². The smallest absolute Gasteiger partial charge is 0.227 e. The third-order valence-corrected chi connectivity index (χ3v) is 2.72. The number of piperidine rings is 1. The second kappa shape index (κ2) is 4.72. The Hall–Kier alpha value is -0.940. The average molecular weight is 211 g/mol. The van der Waals surface area contributed by atoms with Gasteiger partial charge in [-0.15, -0.1) is 0 Å². The van der Waals surface area contributed by atoms with E-state index in [9.17, 15) is 5.11 Å². The summed E-state index contributed by atoms with van der Waals surface area (Å²) in [5.74, 6) is 1.61. The van der Waals surface area contributed by atoms with E-state index < -0.39 is 6.10 Å². The van der Waals surface area contributed by atoms with Crippen molar-refractivity contribution in [3.8, 4) is 0 Å². The SMILES string of the molecule is CC(O)c1noc(CC2CCCNC2)n1. The van der Waals surface area contributed by atoms with Crippen LogP contribution in [0.4, 0.5) is 0 Å².